The summed E-state index contributed by atoms with van der Waals surface area (Å²) in [5, 5.41) is 3.62. The molecule has 1 heterocycles. The van der Waals surface area contributed by atoms with E-state index in [1.165, 1.54) is 32.5 Å². The molecule has 18 heavy (non-hydrogen) atoms. The van der Waals surface area contributed by atoms with Gasteiger partial charge < -0.3 is 19.7 Å². The minimum atomic E-state index is -0.154. The summed E-state index contributed by atoms with van der Waals surface area (Å²) in [5.74, 6) is 0.764. The topological polar surface area (TPSA) is 33.7 Å². The highest BCUT2D eigenvalue weighted by molar-refractivity contribution is 4.80. The molecular formula is C14H30N2O2. The second-order valence-corrected chi connectivity index (χ2v) is 5.76. The number of hydrogen-bond donors (Lipinski definition) is 1. The Balaban J connectivity index is 2.26. The Morgan fingerprint density at radius 1 is 1.11 bits per heavy atom. The maximum Gasteiger partial charge on any atom is 0.171 e. The highest BCUT2D eigenvalue weighted by Crippen LogP contribution is 2.13. The lowest BCUT2D eigenvalue weighted by Gasteiger charge is -2.35. The van der Waals surface area contributed by atoms with Crippen molar-refractivity contribution in [2.75, 3.05) is 33.9 Å². The van der Waals surface area contributed by atoms with Gasteiger partial charge in [0.05, 0.1) is 6.04 Å². The van der Waals surface area contributed by atoms with Crippen molar-refractivity contribution >= 4 is 0 Å². The van der Waals surface area contributed by atoms with Crippen molar-refractivity contribution in [1.82, 2.24) is 10.2 Å². The third-order valence-electron chi connectivity index (χ3n) is 3.58. The Labute approximate surface area is 112 Å². The normalized spacial score (nSPS) is 20.8. The molecule has 4 heteroatoms. The average molecular weight is 258 g/mol. The summed E-state index contributed by atoms with van der Waals surface area (Å²) in [6.07, 6.45) is 2.28. The van der Waals surface area contributed by atoms with Crippen LogP contribution < -0.4 is 5.32 Å². The van der Waals surface area contributed by atoms with E-state index in [1.807, 2.05) is 0 Å². The van der Waals surface area contributed by atoms with E-state index in [9.17, 15) is 0 Å². The average Bonchev–Trinajstić information content (AvgIpc) is 2.32. The molecule has 1 aliphatic heterocycles. The van der Waals surface area contributed by atoms with E-state index in [4.69, 9.17) is 9.47 Å². The van der Waals surface area contributed by atoms with Crippen molar-refractivity contribution in [1.29, 1.82) is 0 Å². The number of piperidine rings is 1. The highest BCUT2D eigenvalue weighted by Gasteiger charge is 2.23. The van der Waals surface area contributed by atoms with E-state index >= 15 is 0 Å². The van der Waals surface area contributed by atoms with Crippen LogP contribution in [0.15, 0.2) is 0 Å². The zero-order valence-corrected chi connectivity index (χ0v) is 12.6. The summed E-state index contributed by atoms with van der Waals surface area (Å²) in [7, 11) is 3.38. The highest BCUT2D eigenvalue weighted by atomic mass is 16.7. The van der Waals surface area contributed by atoms with Crippen LogP contribution in [-0.4, -0.2) is 57.1 Å². The molecule has 108 valence electrons. The Morgan fingerprint density at radius 2 is 1.67 bits per heavy atom. The summed E-state index contributed by atoms with van der Waals surface area (Å²) in [5.41, 5.74) is 0. The van der Waals surface area contributed by atoms with Crippen molar-refractivity contribution < 1.29 is 9.47 Å². The van der Waals surface area contributed by atoms with Crippen molar-refractivity contribution in [3.8, 4) is 0 Å². The van der Waals surface area contributed by atoms with Crippen LogP contribution in [0.2, 0.25) is 0 Å². The minimum Gasteiger partial charge on any atom is -0.354 e. The number of ether oxygens (including phenoxy) is 2. The monoisotopic (exact) mass is 258 g/mol. The molecular weight excluding hydrogens is 228 g/mol. The molecule has 1 fully saturated rings. The molecule has 1 N–H and O–H groups in total. The molecule has 0 aromatic rings. The van der Waals surface area contributed by atoms with Crippen LogP contribution >= 0.6 is 0 Å². The first-order valence-corrected chi connectivity index (χ1v) is 7.10. The molecule has 0 aromatic carbocycles. The van der Waals surface area contributed by atoms with Gasteiger partial charge in [0.15, 0.2) is 6.29 Å². The zero-order chi connectivity index (χ0) is 13.5. The third kappa shape index (κ3) is 5.22. The number of nitrogens with zero attached hydrogens (tertiary/aromatic N) is 1. The molecule has 0 saturated carbocycles. The van der Waals surface area contributed by atoms with Gasteiger partial charge >= 0.3 is 0 Å². The first kappa shape index (κ1) is 15.9. The van der Waals surface area contributed by atoms with Gasteiger partial charge in [0, 0.05) is 26.8 Å². The lowest BCUT2D eigenvalue weighted by atomic mass is 10.0. The molecule has 0 aliphatic carbocycles. The van der Waals surface area contributed by atoms with Gasteiger partial charge in [0.1, 0.15) is 0 Å². The Bertz CT molecular complexity index is 212. The Morgan fingerprint density at radius 3 is 2.11 bits per heavy atom. The molecule has 0 aromatic heterocycles. The zero-order valence-electron chi connectivity index (χ0n) is 12.6. The van der Waals surface area contributed by atoms with Gasteiger partial charge in [-0.05, 0) is 38.8 Å². The van der Waals surface area contributed by atoms with E-state index < -0.39 is 0 Å². The first-order valence-electron chi connectivity index (χ1n) is 7.10. The predicted molar refractivity (Wildman–Crippen MR) is 74.7 cm³/mol. The van der Waals surface area contributed by atoms with E-state index in [-0.39, 0.29) is 12.3 Å². The van der Waals surface area contributed by atoms with E-state index in [0.29, 0.717) is 6.04 Å². The fraction of sp³-hybridized carbons (Fsp3) is 1.00. The summed E-state index contributed by atoms with van der Waals surface area (Å²) in [6.45, 7) is 10.3. The quantitative estimate of drug-likeness (QED) is 0.705. The van der Waals surface area contributed by atoms with E-state index in [2.05, 4.69) is 31.0 Å². The third-order valence-corrected chi connectivity index (χ3v) is 3.58. The van der Waals surface area contributed by atoms with Crippen LogP contribution in [0.25, 0.3) is 0 Å². The molecule has 0 amide bonds. The number of methoxy groups -OCH3 is 2. The predicted octanol–water partition coefficient (Wildman–Crippen LogP) is 1.70. The lowest BCUT2D eigenvalue weighted by molar-refractivity contribution is -0.121. The van der Waals surface area contributed by atoms with Crippen molar-refractivity contribution in [3.05, 3.63) is 0 Å². The van der Waals surface area contributed by atoms with Gasteiger partial charge in [-0.3, -0.25) is 0 Å². The van der Waals surface area contributed by atoms with Gasteiger partial charge in [-0.2, -0.15) is 0 Å². The van der Waals surface area contributed by atoms with Gasteiger partial charge in [-0.1, -0.05) is 13.8 Å². The SMILES string of the molecule is COC(OC)C(C)NC1CCN(CC(C)C)CC1. The number of likely N-dealkylation sites (tertiary alicyclic amines) is 1. The van der Waals surface area contributed by atoms with E-state index in [0.717, 1.165) is 5.92 Å². The second-order valence-electron chi connectivity index (χ2n) is 5.76. The fourth-order valence-corrected chi connectivity index (χ4v) is 2.75. The first-order chi connectivity index (χ1) is 8.56. The van der Waals surface area contributed by atoms with Gasteiger partial charge in [0.2, 0.25) is 0 Å². The summed E-state index contributed by atoms with van der Waals surface area (Å²) < 4.78 is 10.6. The molecule has 1 aliphatic rings. The lowest BCUT2D eigenvalue weighted by Crippen LogP contribution is -2.50. The molecule has 4 nitrogen and oxygen atoms in total. The number of rotatable bonds is 7. The molecule has 0 bridgehead atoms. The molecule has 0 spiro atoms. The van der Waals surface area contributed by atoms with Crippen LogP contribution in [0.4, 0.5) is 0 Å². The molecule has 0 radical (unpaired) electrons. The Kier molecular flexibility index (Phi) is 7.15. The van der Waals surface area contributed by atoms with Crippen molar-refractivity contribution in [2.24, 2.45) is 5.92 Å². The smallest absolute Gasteiger partial charge is 0.171 e. The second kappa shape index (κ2) is 8.10. The van der Waals surface area contributed by atoms with Crippen LogP contribution in [0.5, 0.6) is 0 Å². The van der Waals surface area contributed by atoms with Gasteiger partial charge in [-0.15, -0.1) is 0 Å². The van der Waals surface area contributed by atoms with Crippen LogP contribution in [-0.2, 0) is 9.47 Å². The van der Waals surface area contributed by atoms with Crippen LogP contribution in [0.1, 0.15) is 33.6 Å². The van der Waals surface area contributed by atoms with Crippen molar-refractivity contribution in [2.45, 2.75) is 52.0 Å². The van der Waals surface area contributed by atoms with Crippen LogP contribution in [0.3, 0.4) is 0 Å². The molecule has 1 saturated heterocycles. The molecule has 1 unspecified atom stereocenters. The maximum atomic E-state index is 5.28. The van der Waals surface area contributed by atoms with E-state index in [1.54, 1.807) is 14.2 Å². The summed E-state index contributed by atoms with van der Waals surface area (Å²) in [6, 6.07) is 0.831. The summed E-state index contributed by atoms with van der Waals surface area (Å²) >= 11 is 0. The van der Waals surface area contributed by atoms with Gasteiger partial charge in [0.25, 0.3) is 0 Å². The number of hydrogen-bond acceptors (Lipinski definition) is 4. The van der Waals surface area contributed by atoms with Crippen molar-refractivity contribution in [3.63, 3.8) is 0 Å². The number of nitrogens with one attached hydrogen (secondary N) is 1. The standard InChI is InChI=1S/C14H30N2O2/c1-11(2)10-16-8-6-13(7-9-16)15-12(3)14(17-4)18-5/h11-15H,6-10H2,1-5H3. The molecule has 1 rings (SSSR count). The minimum absolute atomic E-state index is 0.154. The fourth-order valence-electron chi connectivity index (χ4n) is 2.75. The van der Waals surface area contributed by atoms with Gasteiger partial charge in [-0.25, -0.2) is 0 Å². The van der Waals surface area contributed by atoms with Crippen LogP contribution in [0, 0.1) is 5.92 Å². The molecule has 1 atom stereocenters. The Hall–Kier alpha value is -0.160. The largest absolute Gasteiger partial charge is 0.354 e. The summed E-state index contributed by atoms with van der Waals surface area (Å²) in [4.78, 5) is 2.57. The maximum absolute atomic E-state index is 5.28.